The van der Waals surface area contributed by atoms with Crippen LogP contribution in [0.1, 0.15) is 44.1 Å². The molecule has 1 aromatic carbocycles. The van der Waals surface area contributed by atoms with Gasteiger partial charge in [-0.05, 0) is 43.4 Å². The van der Waals surface area contributed by atoms with Gasteiger partial charge in [0.2, 0.25) is 5.91 Å². The molecule has 2 fully saturated rings. The van der Waals surface area contributed by atoms with Crippen LogP contribution in [0.4, 0.5) is 5.69 Å². The molecule has 3 heteroatoms. The van der Waals surface area contributed by atoms with Crippen LogP contribution in [0.15, 0.2) is 24.3 Å². The normalized spacial score (nSPS) is 29.5. The quantitative estimate of drug-likeness (QED) is 0.837. The molecule has 4 rings (SSSR count). The van der Waals surface area contributed by atoms with Crippen LogP contribution in [-0.2, 0) is 10.2 Å². The Morgan fingerprint density at radius 2 is 1.95 bits per heavy atom. The lowest BCUT2D eigenvalue weighted by Crippen LogP contribution is -2.41. The van der Waals surface area contributed by atoms with Gasteiger partial charge in [-0.25, -0.2) is 0 Å². The predicted molar refractivity (Wildman–Crippen MR) is 89.2 cm³/mol. The molecular formula is C19H26N2O. The van der Waals surface area contributed by atoms with E-state index in [1.807, 2.05) is 18.0 Å². The molecule has 22 heavy (non-hydrogen) atoms. The number of rotatable bonds is 2. The number of likely N-dealkylation sites (tertiary alicyclic amines) is 1. The van der Waals surface area contributed by atoms with Crippen molar-refractivity contribution in [2.75, 3.05) is 31.6 Å². The number of anilines is 1. The van der Waals surface area contributed by atoms with E-state index < -0.39 is 0 Å². The Morgan fingerprint density at radius 3 is 2.77 bits per heavy atom. The summed E-state index contributed by atoms with van der Waals surface area (Å²) in [5, 5.41) is 0. The van der Waals surface area contributed by atoms with Crippen molar-refractivity contribution in [3.63, 3.8) is 0 Å². The molecule has 1 saturated carbocycles. The Labute approximate surface area is 133 Å². The lowest BCUT2D eigenvalue weighted by molar-refractivity contribution is -0.122. The minimum Gasteiger partial charge on any atom is -0.314 e. The van der Waals surface area contributed by atoms with Gasteiger partial charge in [-0.1, -0.05) is 37.5 Å². The van der Waals surface area contributed by atoms with Gasteiger partial charge in [-0.15, -0.1) is 0 Å². The zero-order valence-corrected chi connectivity index (χ0v) is 13.6. The second-order valence-corrected chi connectivity index (χ2v) is 7.45. The highest BCUT2D eigenvalue weighted by atomic mass is 16.2. The van der Waals surface area contributed by atoms with Gasteiger partial charge in [-0.2, -0.15) is 0 Å². The van der Waals surface area contributed by atoms with Crippen LogP contribution in [0.3, 0.4) is 0 Å². The maximum Gasteiger partial charge on any atom is 0.238 e. The molecule has 1 spiro atoms. The van der Waals surface area contributed by atoms with Crippen molar-refractivity contribution in [1.29, 1.82) is 0 Å². The standard InChI is InChI=1S/C19H26N2O/c1-20-17-10-6-5-9-16(17)19(18(20)22)11-12-21(14-19)13-15-7-3-2-4-8-15/h5-6,9-10,15H,2-4,7-8,11-14H2,1H3. The Balaban J connectivity index is 1.55. The number of carbonyl (C=O) groups excluding carboxylic acids is 1. The summed E-state index contributed by atoms with van der Waals surface area (Å²) in [7, 11) is 1.93. The zero-order valence-electron chi connectivity index (χ0n) is 13.6. The summed E-state index contributed by atoms with van der Waals surface area (Å²) >= 11 is 0. The SMILES string of the molecule is CN1C(=O)C2(CCN(CC3CCCCC3)C2)c2ccccc21. The first kappa shape index (κ1) is 14.3. The van der Waals surface area contributed by atoms with E-state index in [0.29, 0.717) is 5.91 Å². The number of nitrogens with zero attached hydrogens (tertiary/aromatic N) is 2. The molecule has 2 aliphatic heterocycles. The number of para-hydroxylation sites is 1. The van der Waals surface area contributed by atoms with E-state index in [4.69, 9.17) is 0 Å². The van der Waals surface area contributed by atoms with Gasteiger partial charge < -0.3 is 9.80 Å². The molecule has 118 valence electrons. The number of hydrogen-bond donors (Lipinski definition) is 0. The van der Waals surface area contributed by atoms with Crippen LogP contribution < -0.4 is 4.90 Å². The van der Waals surface area contributed by atoms with Crippen molar-refractivity contribution in [1.82, 2.24) is 4.90 Å². The lowest BCUT2D eigenvalue weighted by Gasteiger charge is -2.28. The molecule has 0 bridgehead atoms. The third kappa shape index (κ3) is 2.10. The van der Waals surface area contributed by atoms with Crippen molar-refractivity contribution in [2.24, 2.45) is 5.92 Å². The van der Waals surface area contributed by atoms with E-state index in [2.05, 4.69) is 23.1 Å². The maximum atomic E-state index is 12.9. The van der Waals surface area contributed by atoms with E-state index in [-0.39, 0.29) is 5.41 Å². The van der Waals surface area contributed by atoms with Crippen LogP contribution >= 0.6 is 0 Å². The maximum absolute atomic E-state index is 12.9. The molecule has 2 heterocycles. The summed E-state index contributed by atoms with van der Waals surface area (Å²) in [6.07, 6.45) is 7.96. The Kier molecular flexibility index (Phi) is 3.48. The number of hydrogen-bond acceptors (Lipinski definition) is 2. The molecule has 0 aromatic heterocycles. The molecule has 1 atom stereocenters. The topological polar surface area (TPSA) is 23.6 Å². The second kappa shape index (κ2) is 5.38. The Bertz CT molecular complexity index is 579. The van der Waals surface area contributed by atoms with Gasteiger partial charge >= 0.3 is 0 Å². The molecular weight excluding hydrogens is 272 g/mol. The summed E-state index contributed by atoms with van der Waals surface area (Å²) in [6.45, 7) is 3.19. The summed E-state index contributed by atoms with van der Waals surface area (Å²) in [4.78, 5) is 17.4. The van der Waals surface area contributed by atoms with Gasteiger partial charge in [0.1, 0.15) is 0 Å². The molecule has 1 aromatic rings. The Hall–Kier alpha value is -1.35. The summed E-state index contributed by atoms with van der Waals surface area (Å²) in [5.74, 6) is 1.16. The van der Waals surface area contributed by atoms with Crippen molar-refractivity contribution in [3.05, 3.63) is 29.8 Å². The number of fused-ring (bicyclic) bond motifs is 2. The fraction of sp³-hybridized carbons (Fsp3) is 0.632. The second-order valence-electron chi connectivity index (χ2n) is 7.45. The average molecular weight is 298 g/mol. The third-order valence-corrected chi connectivity index (χ3v) is 6.08. The number of carbonyl (C=O) groups is 1. The van der Waals surface area contributed by atoms with Crippen LogP contribution in [0.5, 0.6) is 0 Å². The molecule has 1 aliphatic carbocycles. The molecule has 3 nitrogen and oxygen atoms in total. The Morgan fingerprint density at radius 1 is 1.18 bits per heavy atom. The number of amides is 1. The van der Waals surface area contributed by atoms with E-state index in [9.17, 15) is 4.79 Å². The van der Waals surface area contributed by atoms with Gasteiger partial charge in [0.25, 0.3) is 0 Å². The van der Waals surface area contributed by atoms with E-state index in [1.165, 1.54) is 44.2 Å². The van der Waals surface area contributed by atoms with Crippen molar-refractivity contribution >= 4 is 11.6 Å². The van der Waals surface area contributed by atoms with Crippen LogP contribution in [0.25, 0.3) is 0 Å². The van der Waals surface area contributed by atoms with Crippen molar-refractivity contribution in [2.45, 2.75) is 43.9 Å². The van der Waals surface area contributed by atoms with E-state index in [1.54, 1.807) is 0 Å². The smallest absolute Gasteiger partial charge is 0.238 e. The fourth-order valence-corrected chi connectivity index (χ4v) is 4.89. The molecule has 1 unspecified atom stereocenters. The zero-order chi connectivity index (χ0) is 15.2. The molecule has 1 amide bonds. The largest absolute Gasteiger partial charge is 0.314 e. The van der Waals surface area contributed by atoms with Gasteiger partial charge in [0.05, 0.1) is 5.41 Å². The minimum absolute atomic E-state index is 0.264. The van der Waals surface area contributed by atoms with Crippen LogP contribution in [0.2, 0.25) is 0 Å². The highest BCUT2D eigenvalue weighted by Crippen LogP contribution is 2.46. The van der Waals surface area contributed by atoms with E-state index >= 15 is 0 Å². The first-order valence-electron chi connectivity index (χ1n) is 8.81. The van der Waals surface area contributed by atoms with Crippen molar-refractivity contribution < 1.29 is 4.79 Å². The number of benzene rings is 1. The van der Waals surface area contributed by atoms with Crippen molar-refractivity contribution in [3.8, 4) is 0 Å². The molecule has 1 saturated heterocycles. The highest BCUT2D eigenvalue weighted by molar-refractivity contribution is 6.08. The first-order valence-corrected chi connectivity index (χ1v) is 8.81. The first-order chi connectivity index (χ1) is 10.7. The summed E-state index contributed by atoms with van der Waals surface area (Å²) in [6, 6.07) is 8.37. The fourth-order valence-electron chi connectivity index (χ4n) is 4.89. The minimum atomic E-state index is -0.264. The van der Waals surface area contributed by atoms with Gasteiger partial charge in [0.15, 0.2) is 0 Å². The van der Waals surface area contributed by atoms with Gasteiger partial charge in [0, 0.05) is 25.8 Å². The lowest BCUT2D eigenvalue weighted by atomic mass is 9.81. The molecule has 0 N–H and O–H groups in total. The van der Waals surface area contributed by atoms with Crippen LogP contribution in [-0.4, -0.2) is 37.5 Å². The predicted octanol–water partition coefficient (Wildman–Crippen LogP) is 3.19. The average Bonchev–Trinajstić information content (AvgIpc) is 3.07. The third-order valence-electron chi connectivity index (χ3n) is 6.08. The van der Waals surface area contributed by atoms with Gasteiger partial charge in [-0.3, -0.25) is 4.79 Å². The monoisotopic (exact) mass is 298 g/mol. The number of likely N-dealkylation sites (N-methyl/N-ethyl adjacent to an activating group) is 1. The molecule has 3 aliphatic rings. The van der Waals surface area contributed by atoms with E-state index in [0.717, 1.165) is 31.1 Å². The molecule has 0 radical (unpaired) electrons. The van der Waals surface area contributed by atoms with Crippen LogP contribution in [0, 0.1) is 5.92 Å². The summed E-state index contributed by atoms with van der Waals surface area (Å²) in [5.41, 5.74) is 2.11. The summed E-state index contributed by atoms with van der Waals surface area (Å²) < 4.78 is 0. The highest BCUT2D eigenvalue weighted by Gasteiger charge is 2.53.